The fraction of sp³-hybridized carbons (Fsp3) is 1.00. The maximum Gasteiger partial charge on any atom is 0.209 e. The van der Waals surface area contributed by atoms with E-state index in [9.17, 15) is 8.42 Å². The highest BCUT2D eigenvalue weighted by atomic mass is 32.2. The molecule has 1 fully saturated rings. The number of nitrogens with one attached hydrogen (secondary N) is 1. The van der Waals surface area contributed by atoms with Crippen LogP contribution in [0, 0.1) is 0 Å². The molecule has 0 aromatic heterocycles. The van der Waals surface area contributed by atoms with E-state index in [0.717, 1.165) is 19.3 Å². The summed E-state index contributed by atoms with van der Waals surface area (Å²) in [6, 6.07) is -0.189. The molecule has 0 aliphatic carbocycles. The highest BCUT2D eigenvalue weighted by molar-refractivity contribution is 7.88. The summed E-state index contributed by atoms with van der Waals surface area (Å²) in [5.74, 6) is 0. The topological polar surface area (TPSA) is 64.6 Å². The second kappa shape index (κ2) is 5.06. The van der Waals surface area contributed by atoms with Gasteiger partial charge in [-0.2, -0.15) is 0 Å². The Labute approximate surface area is 84.8 Å². The highest BCUT2D eigenvalue weighted by Gasteiger charge is 2.17. The first-order valence-corrected chi connectivity index (χ1v) is 6.53. The Bertz CT molecular complexity index is 259. The summed E-state index contributed by atoms with van der Waals surface area (Å²) in [6.07, 6.45) is 2.16. The molecule has 1 N–H and O–H groups in total. The molecule has 1 saturated heterocycles. The van der Waals surface area contributed by atoms with Gasteiger partial charge in [-0.25, -0.2) is 13.1 Å². The van der Waals surface area contributed by atoms with Crippen molar-refractivity contribution in [3.05, 3.63) is 0 Å². The van der Waals surface area contributed by atoms with E-state index < -0.39 is 10.0 Å². The lowest BCUT2D eigenvalue weighted by molar-refractivity contribution is 0.0353. The molecule has 0 bridgehead atoms. The molecule has 0 aromatic rings. The second-order valence-electron chi connectivity index (χ2n) is 3.61. The van der Waals surface area contributed by atoms with E-state index in [1.165, 1.54) is 0 Å². The third-order valence-electron chi connectivity index (χ3n) is 1.89. The first kappa shape index (κ1) is 11.9. The molecule has 0 radical (unpaired) electrons. The van der Waals surface area contributed by atoms with Crippen LogP contribution < -0.4 is 4.72 Å². The van der Waals surface area contributed by atoms with E-state index in [2.05, 4.69) is 4.72 Å². The molecular formula is C8H17NO4S. The summed E-state index contributed by atoms with van der Waals surface area (Å²) in [7, 11) is -3.13. The number of ether oxygens (including phenoxy) is 2. The predicted octanol–water partition coefficient (Wildman–Crippen LogP) is -0.270. The predicted molar refractivity (Wildman–Crippen MR) is 52.6 cm³/mol. The molecule has 0 saturated carbocycles. The van der Waals surface area contributed by atoms with Crippen LogP contribution in [0.2, 0.25) is 0 Å². The smallest absolute Gasteiger partial charge is 0.209 e. The number of sulfonamides is 1. The Hall–Kier alpha value is -0.170. The zero-order valence-corrected chi connectivity index (χ0v) is 9.34. The fourth-order valence-corrected chi connectivity index (χ4v) is 2.12. The van der Waals surface area contributed by atoms with Crippen LogP contribution in [0.5, 0.6) is 0 Å². The Kier molecular flexibility index (Phi) is 4.31. The molecule has 5 nitrogen and oxygen atoms in total. The fourth-order valence-electron chi connectivity index (χ4n) is 1.32. The van der Waals surface area contributed by atoms with Crippen LogP contribution in [0.1, 0.15) is 13.3 Å². The maximum atomic E-state index is 10.8. The van der Waals surface area contributed by atoms with Crippen molar-refractivity contribution >= 4 is 10.0 Å². The number of rotatable bonds is 5. The van der Waals surface area contributed by atoms with E-state index in [-0.39, 0.29) is 12.1 Å². The zero-order valence-electron chi connectivity index (χ0n) is 8.52. The van der Waals surface area contributed by atoms with Gasteiger partial charge in [0.15, 0.2) is 0 Å². The molecule has 0 spiro atoms. The van der Waals surface area contributed by atoms with Crippen LogP contribution >= 0.6 is 0 Å². The van der Waals surface area contributed by atoms with Gasteiger partial charge in [-0.05, 0) is 13.3 Å². The largest absolute Gasteiger partial charge is 0.379 e. The lowest BCUT2D eigenvalue weighted by atomic mass is 10.3. The standard InChI is InChI=1S/C8H17NO4S/c1-7(9-14(2,10)11)5-13-8-3-4-12-6-8/h7-9H,3-6H2,1-2H3. The second-order valence-corrected chi connectivity index (χ2v) is 5.39. The third-order valence-corrected chi connectivity index (χ3v) is 2.72. The van der Waals surface area contributed by atoms with Crippen molar-refractivity contribution in [3.63, 3.8) is 0 Å². The van der Waals surface area contributed by atoms with Gasteiger partial charge in [0.05, 0.1) is 25.6 Å². The van der Waals surface area contributed by atoms with Gasteiger partial charge in [0.1, 0.15) is 0 Å². The molecule has 1 heterocycles. The van der Waals surface area contributed by atoms with Crippen molar-refractivity contribution in [1.82, 2.24) is 4.72 Å². The van der Waals surface area contributed by atoms with Crippen molar-refractivity contribution in [3.8, 4) is 0 Å². The molecule has 1 aliphatic heterocycles. The molecule has 2 atom stereocenters. The molecule has 0 amide bonds. The summed E-state index contributed by atoms with van der Waals surface area (Å²) < 4.78 is 34.7. The first-order valence-electron chi connectivity index (χ1n) is 4.64. The summed E-state index contributed by atoms with van der Waals surface area (Å²) in [5, 5.41) is 0. The van der Waals surface area contributed by atoms with E-state index in [4.69, 9.17) is 9.47 Å². The van der Waals surface area contributed by atoms with Crippen LogP contribution in [0.15, 0.2) is 0 Å². The van der Waals surface area contributed by atoms with Crippen LogP contribution in [0.25, 0.3) is 0 Å². The summed E-state index contributed by atoms with van der Waals surface area (Å²) in [6.45, 7) is 3.52. The molecule has 0 aromatic carbocycles. The Morgan fingerprint density at radius 1 is 1.64 bits per heavy atom. The SMILES string of the molecule is CC(COC1CCOC1)NS(C)(=O)=O. The van der Waals surface area contributed by atoms with Crippen molar-refractivity contribution < 1.29 is 17.9 Å². The van der Waals surface area contributed by atoms with Crippen LogP contribution in [-0.2, 0) is 19.5 Å². The van der Waals surface area contributed by atoms with Crippen molar-refractivity contribution in [1.29, 1.82) is 0 Å². The number of hydrogen-bond acceptors (Lipinski definition) is 4. The molecular weight excluding hydrogens is 206 g/mol. The van der Waals surface area contributed by atoms with Gasteiger partial charge in [0, 0.05) is 12.6 Å². The normalized spacial score (nSPS) is 25.1. The molecule has 1 aliphatic rings. The van der Waals surface area contributed by atoms with Crippen LogP contribution in [0.4, 0.5) is 0 Å². The zero-order chi connectivity index (χ0) is 10.6. The summed E-state index contributed by atoms with van der Waals surface area (Å²) in [4.78, 5) is 0. The number of hydrogen-bond donors (Lipinski definition) is 1. The van der Waals surface area contributed by atoms with Crippen LogP contribution in [-0.4, -0.2) is 46.6 Å². The minimum Gasteiger partial charge on any atom is -0.379 e. The first-order chi connectivity index (χ1) is 6.47. The molecule has 14 heavy (non-hydrogen) atoms. The average Bonchev–Trinajstić information content (AvgIpc) is 2.49. The van der Waals surface area contributed by atoms with Gasteiger partial charge in [0.2, 0.25) is 10.0 Å². The van der Waals surface area contributed by atoms with Gasteiger partial charge in [-0.3, -0.25) is 0 Å². The molecule has 2 unspecified atom stereocenters. The van der Waals surface area contributed by atoms with Crippen molar-refractivity contribution in [2.45, 2.75) is 25.5 Å². The molecule has 84 valence electrons. The van der Waals surface area contributed by atoms with Gasteiger partial charge in [-0.1, -0.05) is 0 Å². The van der Waals surface area contributed by atoms with E-state index in [1.54, 1.807) is 6.92 Å². The van der Waals surface area contributed by atoms with E-state index in [0.29, 0.717) is 13.2 Å². The Morgan fingerprint density at radius 3 is 2.86 bits per heavy atom. The van der Waals surface area contributed by atoms with E-state index in [1.807, 2.05) is 0 Å². The lowest BCUT2D eigenvalue weighted by Gasteiger charge is -2.15. The minimum atomic E-state index is -3.13. The minimum absolute atomic E-state index is 0.124. The summed E-state index contributed by atoms with van der Waals surface area (Å²) in [5.41, 5.74) is 0. The van der Waals surface area contributed by atoms with Gasteiger partial charge < -0.3 is 9.47 Å². The van der Waals surface area contributed by atoms with Gasteiger partial charge in [-0.15, -0.1) is 0 Å². The average molecular weight is 223 g/mol. The third kappa shape index (κ3) is 4.90. The monoisotopic (exact) mass is 223 g/mol. The van der Waals surface area contributed by atoms with Crippen LogP contribution in [0.3, 0.4) is 0 Å². The van der Waals surface area contributed by atoms with Crippen molar-refractivity contribution in [2.75, 3.05) is 26.1 Å². The Balaban J connectivity index is 2.17. The Morgan fingerprint density at radius 2 is 2.36 bits per heavy atom. The quantitative estimate of drug-likeness (QED) is 0.697. The maximum absolute atomic E-state index is 10.8. The van der Waals surface area contributed by atoms with Crippen molar-refractivity contribution in [2.24, 2.45) is 0 Å². The molecule has 6 heteroatoms. The highest BCUT2D eigenvalue weighted by Crippen LogP contribution is 2.08. The lowest BCUT2D eigenvalue weighted by Crippen LogP contribution is -2.36. The molecule has 1 rings (SSSR count). The van der Waals surface area contributed by atoms with Gasteiger partial charge >= 0.3 is 0 Å². The van der Waals surface area contributed by atoms with Gasteiger partial charge in [0.25, 0.3) is 0 Å². The van der Waals surface area contributed by atoms with E-state index >= 15 is 0 Å². The summed E-state index contributed by atoms with van der Waals surface area (Å²) >= 11 is 0.